The van der Waals surface area contributed by atoms with Crippen molar-refractivity contribution < 1.29 is 38.2 Å². The van der Waals surface area contributed by atoms with Crippen LogP contribution in [0, 0.1) is 11.3 Å². The Morgan fingerprint density at radius 3 is 2.64 bits per heavy atom. The number of ether oxygens (including phenoxy) is 3. The van der Waals surface area contributed by atoms with Gasteiger partial charge >= 0.3 is 12.0 Å². The van der Waals surface area contributed by atoms with Crippen LogP contribution in [-0.4, -0.2) is 148 Å². The van der Waals surface area contributed by atoms with E-state index in [4.69, 9.17) is 24.2 Å². The first kappa shape index (κ1) is 49.7. The summed E-state index contributed by atoms with van der Waals surface area (Å²) in [7, 11) is 3.29. The van der Waals surface area contributed by atoms with Crippen molar-refractivity contribution in [3.63, 3.8) is 0 Å². The minimum atomic E-state index is -1.10. The van der Waals surface area contributed by atoms with Gasteiger partial charge in [0.2, 0.25) is 11.8 Å². The summed E-state index contributed by atoms with van der Waals surface area (Å²) in [5.74, 6) is -1.91. The highest BCUT2D eigenvalue weighted by atomic mass is 32.1. The Kier molecular flexibility index (Phi) is 14.7. The van der Waals surface area contributed by atoms with Gasteiger partial charge in [-0.15, -0.1) is 11.3 Å². The zero-order valence-corrected chi connectivity index (χ0v) is 42.0. The van der Waals surface area contributed by atoms with E-state index in [9.17, 15) is 24.0 Å². The van der Waals surface area contributed by atoms with E-state index in [2.05, 4.69) is 66.9 Å². The number of urea groups is 1. The number of thiazole rings is 1. The molecule has 18 heteroatoms. The number of hydrazine groups is 1. The zero-order valence-electron chi connectivity index (χ0n) is 41.2. The lowest BCUT2D eigenvalue weighted by Gasteiger charge is -2.43. The van der Waals surface area contributed by atoms with Gasteiger partial charge in [-0.25, -0.2) is 15.2 Å². The maximum atomic E-state index is 14.7. The average Bonchev–Trinajstić information content (AvgIpc) is 4.07. The van der Waals surface area contributed by atoms with Crippen LogP contribution >= 0.6 is 11.3 Å². The molecule has 3 fully saturated rings. The van der Waals surface area contributed by atoms with E-state index in [-0.39, 0.29) is 50.1 Å². The number of likely N-dealkylation sites (tertiary alicyclic amines) is 1. The molecule has 0 unspecified atom stereocenters. The summed E-state index contributed by atoms with van der Waals surface area (Å²) >= 11 is 1.41. The molecule has 1 aromatic carbocycles. The van der Waals surface area contributed by atoms with Crippen molar-refractivity contribution >= 4 is 52.0 Å². The fraction of sp³-hybridized carbons (Fsp3) is 0.549. The fourth-order valence-electron chi connectivity index (χ4n) is 10.5. The number of morpholine rings is 1. The molecule has 6 bridgehead atoms. The summed E-state index contributed by atoms with van der Waals surface area (Å²) in [6.45, 7) is 18.5. The quantitative estimate of drug-likeness (QED) is 0.154. The molecule has 4 aromatic rings. The highest BCUT2D eigenvalue weighted by Gasteiger charge is 2.46. The molecule has 0 saturated carbocycles. The van der Waals surface area contributed by atoms with Crippen molar-refractivity contribution in [3.05, 3.63) is 70.8 Å². The highest BCUT2D eigenvalue weighted by Crippen LogP contribution is 2.42. The van der Waals surface area contributed by atoms with Crippen LogP contribution in [0.5, 0.6) is 0 Å². The molecule has 370 valence electrons. The molecule has 69 heavy (non-hydrogen) atoms. The van der Waals surface area contributed by atoms with Crippen molar-refractivity contribution in [2.75, 3.05) is 60.1 Å². The predicted molar refractivity (Wildman–Crippen MR) is 263 cm³/mol. The number of carbonyl (C=O) groups is 5. The first-order valence-electron chi connectivity index (χ1n) is 24.2. The van der Waals surface area contributed by atoms with Crippen LogP contribution in [0.2, 0.25) is 0 Å². The first-order valence-corrected chi connectivity index (χ1v) is 25.0. The summed E-state index contributed by atoms with van der Waals surface area (Å²) in [4.78, 5) is 84.7. The number of amides is 5. The molecule has 8 rings (SSSR count). The Labute approximate surface area is 408 Å². The van der Waals surface area contributed by atoms with Crippen molar-refractivity contribution in [2.24, 2.45) is 11.3 Å². The number of rotatable bonds is 9. The van der Waals surface area contributed by atoms with Gasteiger partial charge in [-0.2, -0.15) is 0 Å². The number of methoxy groups -OCH3 is 1. The van der Waals surface area contributed by atoms with E-state index in [0.29, 0.717) is 63.4 Å². The van der Waals surface area contributed by atoms with E-state index in [1.807, 2.05) is 32.2 Å². The van der Waals surface area contributed by atoms with Crippen LogP contribution in [0.1, 0.15) is 83.2 Å². The molecule has 5 atom stereocenters. The Hall–Kier alpha value is -5.69. The standard InChI is InChI=1S/C51H67N9O8S/c1-10-42(61)57-21-18-51(28-57)29-58(22-23-68-51)49(65)56(8)44(31(3)4)46(62)54-38-25-41-53-39(27-69-41)33-16-17-40-35(24-33)36(45(59(40)11-2)34-14-12-19-52-43(34)32(5)66-9)26-50(6,7)30-67-48(64)37-15-13-20-60(55-37)47(38)63/h10,12,14,16-17,19,24,27,31-32,37-38,44,55H,1,11,13,15,18,20-23,25-26,28-30H2,2-9H3,(H,54,62)/t32-,37-,38-,44-,51+/m0/s1. The van der Waals surface area contributed by atoms with Gasteiger partial charge in [0.05, 0.1) is 54.5 Å². The summed E-state index contributed by atoms with van der Waals surface area (Å²) in [6.07, 6.45) is 5.01. The monoisotopic (exact) mass is 965 g/mol. The Morgan fingerprint density at radius 1 is 1.12 bits per heavy atom. The second-order valence-electron chi connectivity index (χ2n) is 20.0. The number of benzene rings is 1. The predicted octanol–water partition coefficient (Wildman–Crippen LogP) is 5.77. The van der Waals surface area contributed by atoms with Gasteiger partial charge < -0.3 is 38.8 Å². The molecule has 7 heterocycles. The fourth-order valence-corrected chi connectivity index (χ4v) is 11.4. The number of pyridine rings is 1. The molecular formula is C51H67N9O8S. The number of nitrogens with zero attached hydrogens (tertiary/aromatic N) is 7. The second kappa shape index (κ2) is 20.3. The van der Waals surface area contributed by atoms with Gasteiger partial charge in [0.25, 0.3) is 5.91 Å². The minimum Gasteiger partial charge on any atom is -0.464 e. The van der Waals surface area contributed by atoms with Gasteiger partial charge in [0.15, 0.2) is 0 Å². The van der Waals surface area contributed by atoms with E-state index < -0.39 is 46.9 Å². The minimum absolute atomic E-state index is 0.0659. The zero-order chi connectivity index (χ0) is 49.4. The molecule has 2 N–H and O–H groups in total. The van der Waals surface area contributed by atoms with Crippen LogP contribution < -0.4 is 10.7 Å². The highest BCUT2D eigenvalue weighted by molar-refractivity contribution is 7.10. The summed E-state index contributed by atoms with van der Waals surface area (Å²) in [5.41, 5.74) is 8.53. The number of hydrogen-bond acceptors (Lipinski definition) is 12. The number of carbonyl (C=O) groups excluding carboxylic acids is 5. The molecule has 0 aliphatic carbocycles. The van der Waals surface area contributed by atoms with Crippen LogP contribution in [0.4, 0.5) is 4.79 Å². The van der Waals surface area contributed by atoms with Gasteiger partial charge in [-0.05, 0) is 81.4 Å². The molecule has 1 spiro atoms. The Balaban J connectivity index is 1.13. The summed E-state index contributed by atoms with van der Waals surface area (Å²) in [6, 6.07) is 7.21. The first-order chi connectivity index (χ1) is 33.0. The maximum absolute atomic E-state index is 14.7. The van der Waals surface area contributed by atoms with E-state index in [0.717, 1.165) is 44.7 Å². The van der Waals surface area contributed by atoms with Crippen molar-refractivity contribution in [3.8, 4) is 22.5 Å². The Bertz CT molecular complexity index is 2610. The topological polar surface area (TPSA) is 181 Å². The van der Waals surface area contributed by atoms with E-state index in [1.54, 1.807) is 30.2 Å². The maximum Gasteiger partial charge on any atom is 0.324 e. The normalized spacial score (nSPS) is 22.9. The molecular weight excluding hydrogens is 899 g/mol. The lowest BCUT2D eigenvalue weighted by molar-refractivity contribution is -0.155. The number of aromatic nitrogens is 3. The largest absolute Gasteiger partial charge is 0.464 e. The molecule has 5 amide bonds. The van der Waals surface area contributed by atoms with E-state index >= 15 is 0 Å². The third-order valence-electron chi connectivity index (χ3n) is 14.1. The molecule has 4 aliphatic rings. The third-order valence-corrected chi connectivity index (χ3v) is 15.0. The van der Waals surface area contributed by atoms with Gasteiger partial charge in [0, 0.05) is 85.8 Å². The lowest BCUT2D eigenvalue weighted by Crippen LogP contribution is -2.63. The third kappa shape index (κ3) is 10.2. The number of esters is 1. The number of nitrogens with one attached hydrogen (secondary N) is 2. The van der Waals surface area contributed by atoms with Gasteiger partial charge in [-0.3, -0.25) is 29.2 Å². The van der Waals surface area contributed by atoms with Crippen LogP contribution in [0.3, 0.4) is 0 Å². The second-order valence-corrected chi connectivity index (χ2v) is 21.0. The molecule has 3 saturated heterocycles. The van der Waals surface area contributed by atoms with Gasteiger partial charge in [0.1, 0.15) is 23.7 Å². The van der Waals surface area contributed by atoms with Crippen molar-refractivity contribution in [2.45, 2.75) is 110 Å². The lowest BCUT2D eigenvalue weighted by atomic mass is 9.84. The van der Waals surface area contributed by atoms with Crippen molar-refractivity contribution in [1.29, 1.82) is 0 Å². The molecule has 4 aliphatic heterocycles. The van der Waals surface area contributed by atoms with E-state index in [1.165, 1.54) is 27.3 Å². The Morgan fingerprint density at radius 2 is 1.90 bits per heavy atom. The number of fused-ring (bicyclic) bond motifs is 6. The summed E-state index contributed by atoms with van der Waals surface area (Å²) < 4.78 is 20.5. The molecule has 17 nitrogen and oxygen atoms in total. The number of likely N-dealkylation sites (N-methyl/N-ethyl adjacent to an activating group) is 1. The molecule has 3 aromatic heterocycles. The average molecular weight is 966 g/mol. The number of aryl methyl sites for hydroxylation is 1. The molecule has 0 radical (unpaired) electrons. The number of hydrogen-bond donors (Lipinski definition) is 2. The van der Waals surface area contributed by atoms with Gasteiger partial charge in [-0.1, -0.05) is 40.3 Å². The van der Waals surface area contributed by atoms with Crippen molar-refractivity contribution in [1.82, 2.24) is 45.0 Å². The van der Waals surface area contributed by atoms with Crippen LogP contribution in [-0.2, 0) is 52.8 Å². The van der Waals surface area contributed by atoms with Crippen LogP contribution in [0.15, 0.2) is 54.6 Å². The number of cyclic esters (lactones) is 1. The summed E-state index contributed by atoms with van der Waals surface area (Å²) in [5, 5.41) is 8.12. The van der Waals surface area contributed by atoms with Crippen LogP contribution in [0.25, 0.3) is 33.4 Å². The smallest absolute Gasteiger partial charge is 0.324 e. The SMILES string of the molecule is C=CC(=O)N1CC[C@@]2(C1)CN(C(=O)N(C)[C@H](C(=O)N[C@H]1Cc3nc(cs3)-c3ccc4c(c3)c(c(-c3cccnc3[C@H](C)OC)n4CC)CC(C)(C)COC(=O)[C@@H]3CCCN(N3)C1=O)C(C)C)CCO2.